The third-order valence-corrected chi connectivity index (χ3v) is 2.59. The van der Waals surface area contributed by atoms with Gasteiger partial charge in [0.2, 0.25) is 0 Å². The van der Waals surface area contributed by atoms with E-state index < -0.39 is 6.10 Å². The van der Waals surface area contributed by atoms with E-state index in [9.17, 15) is 9.90 Å². The van der Waals surface area contributed by atoms with Crippen molar-refractivity contribution in [3.63, 3.8) is 0 Å². The molecule has 0 aliphatic carbocycles. The lowest BCUT2D eigenvalue weighted by molar-refractivity contribution is 0.199. The number of imidazole rings is 1. The highest BCUT2D eigenvalue weighted by atomic mass is 35.5. The normalized spacial score (nSPS) is 13.2. The molecule has 1 heterocycles. The summed E-state index contributed by atoms with van der Waals surface area (Å²) in [4.78, 5) is 16.3. The molecule has 1 aromatic carbocycles. The average Bonchev–Trinajstić information content (AvgIpc) is 2.57. The molecule has 1 aromatic heterocycles. The van der Waals surface area contributed by atoms with E-state index >= 15 is 0 Å². The van der Waals surface area contributed by atoms with Gasteiger partial charge in [-0.05, 0) is 24.1 Å². The van der Waals surface area contributed by atoms with Crippen molar-refractivity contribution in [3.8, 4) is 0 Å². The van der Waals surface area contributed by atoms with Crippen molar-refractivity contribution in [3.05, 3.63) is 34.2 Å². The first-order chi connectivity index (χ1) is 7.19. The number of alkyl halides is 1. The Kier molecular flexibility index (Phi) is 2.79. The van der Waals surface area contributed by atoms with Crippen molar-refractivity contribution < 1.29 is 5.11 Å². The van der Waals surface area contributed by atoms with Crippen LogP contribution in [0.3, 0.4) is 0 Å². The van der Waals surface area contributed by atoms with Crippen molar-refractivity contribution in [1.29, 1.82) is 0 Å². The molecule has 0 radical (unpaired) electrons. The number of H-pyrrole nitrogens is 2. The number of aliphatic hydroxyl groups is 1. The molecule has 80 valence electrons. The van der Waals surface area contributed by atoms with Crippen molar-refractivity contribution in [2.45, 2.75) is 12.5 Å². The number of benzene rings is 1. The van der Waals surface area contributed by atoms with Crippen LogP contribution >= 0.6 is 11.6 Å². The Hall–Kier alpha value is -1.26. The van der Waals surface area contributed by atoms with Crippen LogP contribution < -0.4 is 5.69 Å². The smallest absolute Gasteiger partial charge is 0.323 e. The van der Waals surface area contributed by atoms with E-state index in [0.717, 1.165) is 16.6 Å². The van der Waals surface area contributed by atoms with Crippen molar-refractivity contribution in [1.82, 2.24) is 9.97 Å². The van der Waals surface area contributed by atoms with Crippen LogP contribution in [0.25, 0.3) is 11.0 Å². The number of fused-ring (bicyclic) bond motifs is 1. The molecular weight excluding hydrogens is 216 g/mol. The molecule has 2 rings (SSSR count). The minimum Gasteiger partial charge on any atom is -0.392 e. The fourth-order valence-electron chi connectivity index (χ4n) is 1.53. The molecule has 0 fully saturated rings. The summed E-state index contributed by atoms with van der Waals surface area (Å²) in [5.74, 6) is 0.210. The number of aromatic nitrogens is 2. The molecule has 0 saturated heterocycles. The third kappa shape index (κ3) is 2.22. The third-order valence-electron chi connectivity index (χ3n) is 2.23. The van der Waals surface area contributed by atoms with Crippen LogP contribution in [-0.2, 0) is 6.42 Å². The lowest BCUT2D eigenvalue weighted by Gasteiger charge is -2.05. The minimum atomic E-state index is -0.546. The number of rotatable bonds is 3. The SMILES string of the molecule is O=c1[nH]c2ccc(CC(O)CCl)cc2[nH]1. The van der Waals surface area contributed by atoms with E-state index in [4.69, 9.17) is 11.6 Å². The van der Waals surface area contributed by atoms with Gasteiger partial charge in [0.05, 0.1) is 17.1 Å². The molecule has 0 spiro atoms. The molecule has 0 bridgehead atoms. The maximum Gasteiger partial charge on any atom is 0.323 e. The second kappa shape index (κ2) is 4.08. The van der Waals surface area contributed by atoms with Gasteiger partial charge in [-0.2, -0.15) is 0 Å². The molecule has 0 aliphatic rings. The number of nitrogens with one attached hydrogen (secondary N) is 2. The second-order valence-corrected chi connectivity index (χ2v) is 3.78. The van der Waals surface area contributed by atoms with Crippen LogP contribution in [0.1, 0.15) is 5.56 Å². The van der Waals surface area contributed by atoms with E-state index in [-0.39, 0.29) is 11.6 Å². The number of halogens is 1. The lowest BCUT2D eigenvalue weighted by atomic mass is 10.1. The quantitative estimate of drug-likeness (QED) is 0.684. The highest BCUT2D eigenvalue weighted by molar-refractivity contribution is 6.18. The predicted molar refractivity (Wildman–Crippen MR) is 59.4 cm³/mol. The monoisotopic (exact) mass is 226 g/mol. The number of aliphatic hydroxyl groups excluding tert-OH is 1. The number of hydrogen-bond acceptors (Lipinski definition) is 2. The molecule has 1 atom stereocenters. The zero-order valence-corrected chi connectivity index (χ0v) is 8.71. The van der Waals surface area contributed by atoms with Gasteiger partial charge in [0, 0.05) is 5.88 Å². The Morgan fingerprint density at radius 1 is 1.33 bits per heavy atom. The zero-order chi connectivity index (χ0) is 10.8. The van der Waals surface area contributed by atoms with Gasteiger partial charge in [-0.15, -0.1) is 11.6 Å². The maximum atomic E-state index is 11.0. The first kappa shape index (κ1) is 10.3. The fourth-order valence-corrected chi connectivity index (χ4v) is 1.64. The molecule has 4 nitrogen and oxygen atoms in total. The van der Waals surface area contributed by atoms with E-state index in [0.29, 0.717) is 6.42 Å². The molecule has 0 saturated carbocycles. The molecule has 0 amide bonds. The number of hydrogen-bond donors (Lipinski definition) is 3. The van der Waals surface area contributed by atoms with Crippen LogP contribution in [0.2, 0.25) is 0 Å². The highest BCUT2D eigenvalue weighted by Gasteiger charge is 2.05. The van der Waals surface area contributed by atoms with Gasteiger partial charge in [0.1, 0.15) is 0 Å². The molecule has 5 heteroatoms. The van der Waals surface area contributed by atoms with Gasteiger partial charge < -0.3 is 15.1 Å². The van der Waals surface area contributed by atoms with Crippen LogP contribution in [0, 0.1) is 0 Å². The molecule has 15 heavy (non-hydrogen) atoms. The summed E-state index contributed by atoms with van der Waals surface area (Å²) in [5.41, 5.74) is 2.24. The van der Waals surface area contributed by atoms with Crippen LogP contribution in [0.15, 0.2) is 23.0 Å². The van der Waals surface area contributed by atoms with Gasteiger partial charge in [0.15, 0.2) is 0 Å². The van der Waals surface area contributed by atoms with Crippen LogP contribution in [0.5, 0.6) is 0 Å². The predicted octanol–water partition coefficient (Wildman–Crippen LogP) is 0.998. The van der Waals surface area contributed by atoms with Crippen molar-refractivity contribution >= 4 is 22.6 Å². The van der Waals surface area contributed by atoms with E-state index in [2.05, 4.69) is 9.97 Å². The second-order valence-electron chi connectivity index (χ2n) is 3.47. The Morgan fingerprint density at radius 2 is 2.07 bits per heavy atom. The zero-order valence-electron chi connectivity index (χ0n) is 7.96. The summed E-state index contributed by atoms with van der Waals surface area (Å²) < 4.78 is 0. The maximum absolute atomic E-state index is 11.0. The first-order valence-corrected chi connectivity index (χ1v) is 5.17. The molecule has 3 N–H and O–H groups in total. The van der Waals surface area contributed by atoms with Gasteiger partial charge >= 0.3 is 5.69 Å². The van der Waals surface area contributed by atoms with Gasteiger partial charge in [-0.1, -0.05) is 6.07 Å². The van der Waals surface area contributed by atoms with E-state index in [1.165, 1.54) is 0 Å². The average molecular weight is 227 g/mol. The summed E-state index contributed by atoms with van der Waals surface area (Å²) in [6.45, 7) is 0. The topological polar surface area (TPSA) is 68.9 Å². The van der Waals surface area contributed by atoms with Crippen LogP contribution in [-0.4, -0.2) is 27.1 Å². The lowest BCUT2D eigenvalue weighted by Crippen LogP contribution is -2.11. The Bertz CT molecular complexity index is 517. The summed E-state index contributed by atoms with van der Waals surface area (Å²) in [7, 11) is 0. The number of aromatic amines is 2. The first-order valence-electron chi connectivity index (χ1n) is 4.64. The molecule has 2 aromatic rings. The highest BCUT2D eigenvalue weighted by Crippen LogP contribution is 2.12. The summed E-state index contributed by atoms with van der Waals surface area (Å²) in [5, 5.41) is 9.38. The molecule has 1 unspecified atom stereocenters. The Balaban J connectivity index is 2.34. The van der Waals surface area contributed by atoms with Crippen molar-refractivity contribution in [2.24, 2.45) is 0 Å². The molecular formula is C10H11ClN2O2. The molecule has 0 aliphatic heterocycles. The minimum absolute atomic E-state index is 0.210. The fraction of sp³-hybridized carbons (Fsp3) is 0.300. The Labute approximate surface area is 90.9 Å². The van der Waals surface area contributed by atoms with Crippen LogP contribution in [0.4, 0.5) is 0 Å². The van der Waals surface area contributed by atoms with Gasteiger partial charge in [-0.3, -0.25) is 0 Å². The summed E-state index contributed by atoms with van der Waals surface area (Å²) >= 11 is 5.51. The van der Waals surface area contributed by atoms with Gasteiger partial charge in [-0.25, -0.2) is 4.79 Å². The van der Waals surface area contributed by atoms with E-state index in [1.54, 1.807) is 0 Å². The van der Waals surface area contributed by atoms with E-state index in [1.807, 2.05) is 18.2 Å². The van der Waals surface area contributed by atoms with Gasteiger partial charge in [0.25, 0.3) is 0 Å². The summed E-state index contributed by atoms with van der Waals surface area (Å²) in [6, 6.07) is 5.51. The standard InChI is InChI=1S/C10H11ClN2O2/c11-5-7(14)3-6-1-2-8-9(4-6)13-10(15)12-8/h1-2,4,7,14H,3,5H2,(H2,12,13,15). The summed E-state index contributed by atoms with van der Waals surface area (Å²) in [6.07, 6.45) is -0.0538. The van der Waals surface area contributed by atoms with Crippen molar-refractivity contribution in [2.75, 3.05) is 5.88 Å². The largest absolute Gasteiger partial charge is 0.392 e. The Morgan fingerprint density at radius 3 is 2.80 bits per heavy atom.